The number of hydrogen-bond acceptors (Lipinski definition) is 9. The number of aliphatic imine (C=N–C) groups is 1. The molecule has 0 saturated heterocycles. The summed E-state index contributed by atoms with van der Waals surface area (Å²) in [7, 11) is 6.45. The summed E-state index contributed by atoms with van der Waals surface area (Å²) in [4.78, 5) is 48.1. The molecule has 0 aromatic heterocycles. The lowest BCUT2D eigenvalue weighted by Gasteiger charge is -2.31. The van der Waals surface area contributed by atoms with E-state index in [0.29, 0.717) is 58.2 Å². The average molecular weight is 834 g/mol. The van der Waals surface area contributed by atoms with Crippen LogP contribution in [0.5, 0.6) is 17.2 Å². The highest BCUT2D eigenvalue weighted by Crippen LogP contribution is 2.60. The Morgan fingerprint density at radius 1 is 0.793 bits per heavy atom. The Morgan fingerprint density at radius 2 is 1.43 bits per heavy atom. The van der Waals surface area contributed by atoms with Crippen LogP contribution in [0.15, 0.2) is 96.0 Å². The highest BCUT2D eigenvalue weighted by molar-refractivity contribution is 8.43. The van der Waals surface area contributed by atoms with Gasteiger partial charge in [0.15, 0.2) is 11.5 Å². The summed E-state index contributed by atoms with van der Waals surface area (Å²) in [6.07, 6.45) is 3.27. The number of carbonyl (C=O) groups excluding carboxylic acids is 2. The lowest BCUT2D eigenvalue weighted by Crippen LogP contribution is -2.40. The normalized spacial score (nSPS) is 17.3. The minimum Gasteiger partial charge on any atom is -0.493 e. The molecule has 0 radical (unpaired) electrons. The van der Waals surface area contributed by atoms with E-state index in [1.165, 1.54) is 19.2 Å². The fraction of sp³-hybridized carbons (Fsp3) is 0.233. The van der Waals surface area contributed by atoms with Crippen molar-refractivity contribution in [3.63, 3.8) is 0 Å². The third-order valence-electron chi connectivity index (χ3n) is 10.9. The first kappa shape index (κ1) is 39.4. The first-order valence-electron chi connectivity index (χ1n) is 18.4. The Labute approximate surface area is 342 Å². The number of rotatable bonds is 9. The smallest absolute Gasteiger partial charge is 0.270 e. The van der Waals surface area contributed by atoms with Gasteiger partial charge in [-0.15, -0.1) is 0 Å². The Kier molecular flexibility index (Phi) is 10.7. The van der Waals surface area contributed by atoms with Crippen molar-refractivity contribution in [2.24, 2.45) is 4.99 Å². The van der Waals surface area contributed by atoms with Gasteiger partial charge >= 0.3 is 0 Å². The quantitative estimate of drug-likeness (QED) is 0.0817. The number of nitro benzene ring substituents is 1. The number of non-ortho nitro benzene ring substituents is 1. The number of fused-ring (bicyclic) bond motifs is 8. The van der Waals surface area contributed by atoms with Gasteiger partial charge in [-0.25, -0.2) is 0 Å². The van der Waals surface area contributed by atoms with Gasteiger partial charge in [-0.05, 0) is 71.5 Å². The van der Waals surface area contributed by atoms with Crippen LogP contribution in [-0.4, -0.2) is 48.7 Å². The largest absolute Gasteiger partial charge is 0.493 e. The highest BCUT2D eigenvalue weighted by Gasteiger charge is 2.41. The number of hydrogen-bond donors (Lipinski definition) is 0. The van der Waals surface area contributed by atoms with Crippen molar-refractivity contribution in [2.45, 2.75) is 52.5 Å². The van der Waals surface area contributed by atoms with Crippen LogP contribution in [0.4, 0.5) is 28.4 Å². The predicted molar refractivity (Wildman–Crippen MR) is 236 cm³/mol. The molecule has 9 rings (SSSR count). The number of aryl methyl sites for hydroxylation is 1. The van der Waals surface area contributed by atoms with Gasteiger partial charge in [0.25, 0.3) is 17.5 Å². The van der Waals surface area contributed by atoms with Gasteiger partial charge in [0.2, 0.25) is 0 Å². The molecule has 2 amide bonds. The van der Waals surface area contributed by atoms with Crippen LogP contribution < -0.4 is 28.7 Å². The lowest BCUT2D eigenvalue weighted by atomic mass is 10.1. The fourth-order valence-corrected chi connectivity index (χ4v) is 10.4. The topological polar surface area (TPSA) is 127 Å². The molecule has 4 aliphatic heterocycles. The van der Waals surface area contributed by atoms with Crippen molar-refractivity contribution in [3.05, 3.63) is 140 Å². The molecule has 0 N–H and O–H groups in total. The monoisotopic (exact) mass is 833 g/mol. The second-order valence-electron chi connectivity index (χ2n) is 14.5. The number of para-hydroxylation sites is 2. The van der Waals surface area contributed by atoms with Crippen LogP contribution in [0, 0.1) is 17.0 Å². The van der Waals surface area contributed by atoms with Gasteiger partial charge in [0.05, 0.1) is 46.6 Å². The number of amides is 2. The molecule has 15 heteroatoms. The summed E-state index contributed by atoms with van der Waals surface area (Å²) < 4.78 is 20.6. The second-order valence-corrected chi connectivity index (χ2v) is 20.7. The molecule has 0 spiro atoms. The molecule has 0 bridgehead atoms. The van der Waals surface area contributed by atoms with Gasteiger partial charge in [-0.2, -0.15) is 0 Å². The zero-order chi connectivity index (χ0) is 39.5. The molecule has 12 nitrogen and oxygen atoms in total. The molecule has 296 valence electrons. The van der Waals surface area contributed by atoms with E-state index < -0.39 is 12.4 Å². The molecule has 4 aliphatic rings. The minimum atomic E-state index is -0.804. The van der Waals surface area contributed by atoms with Gasteiger partial charge in [-0.3, -0.25) is 29.6 Å². The van der Waals surface area contributed by atoms with Gasteiger partial charge in [-0.1, -0.05) is 61.7 Å². The fourth-order valence-electron chi connectivity index (χ4n) is 8.27. The summed E-state index contributed by atoms with van der Waals surface area (Å²) >= 11 is 0. The zero-order valence-corrected chi connectivity index (χ0v) is 34.3. The van der Waals surface area contributed by atoms with Crippen LogP contribution >= 0.6 is 25.3 Å². The lowest BCUT2D eigenvalue weighted by molar-refractivity contribution is -0.385. The first-order chi connectivity index (χ1) is 27.6. The molecule has 2 unspecified atom stereocenters. The molecule has 5 aromatic carbocycles. The number of methoxy groups -OCH3 is 1. The van der Waals surface area contributed by atoms with Crippen molar-refractivity contribution < 1.29 is 28.7 Å². The van der Waals surface area contributed by atoms with Crippen LogP contribution in [0.1, 0.15) is 56.0 Å². The van der Waals surface area contributed by atoms with Crippen molar-refractivity contribution >= 4 is 71.8 Å². The predicted octanol–water partition coefficient (Wildman–Crippen LogP) is 9.36. The van der Waals surface area contributed by atoms with E-state index in [1.807, 2.05) is 72.6 Å². The number of benzene rings is 5. The first-order valence-corrected chi connectivity index (χ1v) is 22.9. The molecule has 58 heavy (non-hydrogen) atoms. The summed E-state index contributed by atoms with van der Waals surface area (Å²) in [5.74, 6) is 1.09. The van der Waals surface area contributed by atoms with E-state index in [0.717, 1.165) is 40.2 Å². The molecule has 5 aromatic rings. The molecule has 4 atom stereocenters. The summed E-state index contributed by atoms with van der Waals surface area (Å²) in [6, 6.07) is 27.6. The molecule has 0 saturated carbocycles. The standard InChI is InChI=1S/C42H38N5O7P3.CH4/c1-24-11-32-34(43-20-30-15-27-7-3-5-9-35(27)45(30)41(32)48)18-38(24)53-22-25-12-26(14-29(13-25)47(50)51)23-54-40-19-37-33(17-39(40)52-2)42(49)46-31(21-44(37)57(55)56)16-28-8-4-6-10-36(28)46;/h3-14,17-20,30-31H,15-16,21-23,55-56H2,1-2H3;1H4/t30-,31-;/m0./s1. The Bertz CT molecular complexity index is 2530. The Balaban J connectivity index is 0.00000469. The van der Waals surface area contributed by atoms with Gasteiger partial charge in [0, 0.05) is 62.3 Å². The van der Waals surface area contributed by atoms with Crippen LogP contribution in [0.3, 0.4) is 0 Å². The Morgan fingerprint density at radius 3 is 2.10 bits per heavy atom. The summed E-state index contributed by atoms with van der Waals surface area (Å²) in [6.45, 7) is 2.51. The number of carbonyl (C=O) groups is 2. The number of ether oxygens (including phenoxy) is 3. The SMILES string of the molecule is C.COc1cc2c(cc1OCc1cc(COc3cc4c(cc3C)C(=O)N3c5ccccc5C[C@H]3C=N4)cc([N+](=O)[O-])c1)N(P(P)P)C[C@@H]1Cc3ccccc3N1C2=O. The maximum absolute atomic E-state index is 14.2. The van der Waals surface area contributed by atoms with E-state index in [4.69, 9.17) is 19.2 Å². The van der Waals surface area contributed by atoms with Crippen LogP contribution in [0.2, 0.25) is 0 Å². The molecular formula is C43H42N5O7P3. The van der Waals surface area contributed by atoms with E-state index in [1.54, 1.807) is 23.1 Å². The van der Waals surface area contributed by atoms with Crippen LogP contribution in [0.25, 0.3) is 0 Å². The van der Waals surface area contributed by atoms with Gasteiger partial charge < -0.3 is 23.8 Å². The van der Waals surface area contributed by atoms with E-state index >= 15 is 0 Å². The number of anilines is 3. The summed E-state index contributed by atoms with van der Waals surface area (Å²) in [5, 5.41) is 12.1. The van der Waals surface area contributed by atoms with Crippen molar-refractivity contribution in [2.75, 3.05) is 28.1 Å². The number of nitro groups is 1. The average Bonchev–Trinajstić information content (AvgIpc) is 3.70. The minimum absolute atomic E-state index is 0. The third kappa shape index (κ3) is 6.97. The van der Waals surface area contributed by atoms with Crippen molar-refractivity contribution in [1.82, 2.24) is 0 Å². The van der Waals surface area contributed by atoms with Crippen LogP contribution in [-0.2, 0) is 26.1 Å². The highest BCUT2D eigenvalue weighted by atomic mass is 32.4. The molecule has 0 aliphatic carbocycles. The zero-order valence-electron chi connectivity index (χ0n) is 31.1. The van der Waals surface area contributed by atoms with E-state index in [2.05, 4.69) is 28.6 Å². The molecule has 0 fully saturated rings. The van der Waals surface area contributed by atoms with E-state index in [-0.39, 0.29) is 50.2 Å². The maximum atomic E-state index is 14.2. The molecular weight excluding hydrogens is 791 g/mol. The van der Waals surface area contributed by atoms with Crippen molar-refractivity contribution in [1.29, 1.82) is 0 Å². The maximum Gasteiger partial charge on any atom is 0.270 e. The molecule has 4 heterocycles. The second kappa shape index (κ2) is 15.7. The Hall–Kier alpha value is -5.40. The van der Waals surface area contributed by atoms with Gasteiger partial charge in [0.1, 0.15) is 19.0 Å². The third-order valence-corrected chi connectivity index (χ3v) is 13.5. The number of nitrogens with zero attached hydrogens (tertiary/aromatic N) is 5. The van der Waals surface area contributed by atoms with Crippen molar-refractivity contribution in [3.8, 4) is 17.2 Å². The summed E-state index contributed by atoms with van der Waals surface area (Å²) in [5.41, 5.74) is 8.09. The van der Waals surface area contributed by atoms with E-state index in [9.17, 15) is 19.7 Å².